The highest BCUT2D eigenvalue weighted by molar-refractivity contribution is 5.93. The van der Waals surface area contributed by atoms with E-state index in [-0.39, 0.29) is 5.91 Å². The Morgan fingerprint density at radius 1 is 1.06 bits per heavy atom. The molecule has 7 nitrogen and oxygen atoms in total. The monoisotopic (exact) mass is 421 g/mol. The molecule has 1 unspecified atom stereocenters. The number of nitrogens with one attached hydrogen (secondary N) is 1. The van der Waals surface area contributed by atoms with Crippen LogP contribution in [0.4, 0.5) is 11.8 Å². The Labute approximate surface area is 183 Å². The summed E-state index contributed by atoms with van der Waals surface area (Å²) in [7, 11) is 0. The zero-order chi connectivity index (χ0) is 21.0. The maximum atomic E-state index is 12.9. The van der Waals surface area contributed by atoms with Crippen molar-refractivity contribution in [3.05, 3.63) is 47.7 Å². The summed E-state index contributed by atoms with van der Waals surface area (Å²) >= 11 is 0. The molecule has 5 rings (SSSR count). The highest BCUT2D eigenvalue weighted by Gasteiger charge is 2.29. The van der Waals surface area contributed by atoms with Crippen molar-refractivity contribution < 1.29 is 9.53 Å². The van der Waals surface area contributed by atoms with Crippen LogP contribution in [0.2, 0.25) is 0 Å². The number of anilines is 2. The molecule has 0 bridgehead atoms. The number of aromatic nitrogens is 2. The van der Waals surface area contributed by atoms with Gasteiger partial charge in [0.15, 0.2) is 0 Å². The summed E-state index contributed by atoms with van der Waals surface area (Å²) in [5.41, 5.74) is 1.80. The van der Waals surface area contributed by atoms with Gasteiger partial charge in [0.1, 0.15) is 11.5 Å². The van der Waals surface area contributed by atoms with Crippen molar-refractivity contribution >= 4 is 17.7 Å². The summed E-state index contributed by atoms with van der Waals surface area (Å²) in [6.45, 7) is 4.60. The average Bonchev–Trinajstić information content (AvgIpc) is 3.55. The van der Waals surface area contributed by atoms with E-state index in [1.54, 1.807) is 0 Å². The van der Waals surface area contributed by atoms with Gasteiger partial charge in [-0.25, -0.2) is 4.98 Å². The minimum absolute atomic E-state index is 0.0936. The molecule has 3 heterocycles. The molecule has 7 heteroatoms. The lowest BCUT2D eigenvalue weighted by Gasteiger charge is -2.30. The molecule has 2 aromatic rings. The minimum Gasteiger partial charge on any atom is -0.378 e. The molecule has 164 valence electrons. The third-order valence-electron chi connectivity index (χ3n) is 6.46. The Kier molecular flexibility index (Phi) is 6.02. The molecule has 2 saturated heterocycles. The van der Waals surface area contributed by atoms with E-state index < -0.39 is 0 Å². The SMILES string of the molecule is O=C(NCC1CC1)c1cc(N2CCOCC2)nc(N2CCCC2Cc2ccccc2)n1. The highest BCUT2D eigenvalue weighted by Crippen LogP contribution is 2.29. The molecular formula is C24H31N5O2. The van der Waals surface area contributed by atoms with Gasteiger partial charge in [-0.2, -0.15) is 4.98 Å². The molecule has 1 aromatic heterocycles. The molecule has 3 fully saturated rings. The van der Waals surface area contributed by atoms with Gasteiger partial charge in [0.05, 0.1) is 13.2 Å². The topological polar surface area (TPSA) is 70.6 Å². The van der Waals surface area contributed by atoms with Crippen molar-refractivity contribution in [3.63, 3.8) is 0 Å². The van der Waals surface area contributed by atoms with Crippen LogP contribution in [0.15, 0.2) is 36.4 Å². The first-order chi connectivity index (χ1) is 15.3. The molecule has 1 aliphatic carbocycles. The van der Waals surface area contributed by atoms with Crippen molar-refractivity contribution in [2.45, 2.75) is 38.1 Å². The van der Waals surface area contributed by atoms with Crippen LogP contribution in [-0.4, -0.2) is 61.3 Å². The Morgan fingerprint density at radius 3 is 2.65 bits per heavy atom. The van der Waals surface area contributed by atoms with Crippen LogP contribution >= 0.6 is 0 Å². The van der Waals surface area contributed by atoms with Gasteiger partial charge >= 0.3 is 0 Å². The van der Waals surface area contributed by atoms with E-state index in [1.807, 2.05) is 6.07 Å². The fourth-order valence-electron chi connectivity index (χ4n) is 4.47. The highest BCUT2D eigenvalue weighted by atomic mass is 16.5. The van der Waals surface area contributed by atoms with Crippen LogP contribution in [0.3, 0.4) is 0 Å². The molecule has 1 aromatic carbocycles. The Balaban J connectivity index is 1.41. The summed E-state index contributed by atoms with van der Waals surface area (Å²) < 4.78 is 5.51. The molecule has 2 aliphatic heterocycles. The van der Waals surface area contributed by atoms with E-state index in [1.165, 1.54) is 18.4 Å². The second kappa shape index (κ2) is 9.22. The average molecular weight is 422 g/mol. The lowest BCUT2D eigenvalue weighted by molar-refractivity contribution is 0.0946. The molecule has 3 aliphatic rings. The summed E-state index contributed by atoms with van der Waals surface area (Å²) in [5.74, 6) is 2.05. The quantitative estimate of drug-likeness (QED) is 0.741. The number of nitrogens with zero attached hydrogens (tertiary/aromatic N) is 4. The Morgan fingerprint density at radius 2 is 1.87 bits per heavy atom. The second-order valence-corrected chi connectivity index (χ2v) is 8.84. The van der Waals surface area contributed by atoms with Crippen LogP contribution in [0.25, 0.3) is 0 Å². The zero-order valence-electron chi connectivity index (χ0n) is 18.0. The van der Waals surface area contributed by atoms with Gasteiger partial charge in [0, 0.05) is 38.3 Å². The third-order valence-corrected chi connectivity index (χ3v) is 6.46. The Bertz CT molecular complexity index is 896. The van der Waals surface area contributed by atoms with Crippen LogP contribution in [0.5, 0.6) is 0 Å². The fourth-order valence-corrected chi connectivity index (χ4v) is 4.47. The van der Waals surface area contributed by atoms with Crippen molar-refractivity contribution in [3.8, 4) is 0 Å². The number of benzene rings is 1. The number of hydrogen-bond donors (Lipinski definition) is 1. The number of carbonyl (C=O) groups is 1. The van der Waals surface area contributed by atoms with Gasteiger partial charge in [-0.1, -0.05) is 30.3 Å². The summed E-state index contributed by atoms with van der Waals surface area (Å²) in [6, 6.07) is 12.8. The van der Waals surface area contributed by atoms with Crippen molar-refractivity contribution in [2.24, 2.45) is 5.92 Å². The number of amides is 1. The van der Waals surface area contributed by atoms with E-state index in [9.17, 15) is 4.79 Å². The normalized spacial score (nSPS) is 21.4. The number of morpholine rings is 1. The van der Waals surface area contributed by atoms with Gasteiger partial charge in [-0.3, -0.25) is 4.79 Å². The molecule has 1 atom stereocenters. The molecular weight excluding hydrogens is 390 g/mol. The lowest BCUT2D eigenvalue weighted by Crippen LogP contribution is -2.38. The van der Waals surface area contributed by atoms with Crippen molar-refractivity contribution in [1.82, 2.24) is 15.3 Å². The fraction of sp³-hybridized carbons (Fsp3) is 0.542. The van der Waals surface area contributed by atoms with Gasteiger partial charge in [-0.05, 0) is 43.6 Å². The molecule has 0 spiro atoms. The van der Waals surface area contributed by atoms with Crippen LogP contribution in [0, 0.1) is 5.92 Å². The predicted molar refractivity (Wildman–Crippen MR) is 121 cm³/mol. The standard InChI is InChI=1S/C24H31N5O2/c30-23(25-17-19-8-9-19)21-16-22(28-11-13-31-14-12-28)27-24(26-21)29-10-4-7-20(29)15-18-5-2-1-3-6-18/h1-3,5-6,16,19-20H,4,7-15,17H2,(H,25,30). The molecule has 1 amide bonds. The lowest BCUT2D eigenvalue weighted by atomic mass is 10.0. The third kappa shape index (κ3) is 4.98. The van der Waals surface area contributed by atoms with Crippen LogP contribution in [-0.2, 0) is 11.2 Å². The van der Waals surface area contributed by atoms with E-state index >= 15 is 0 Å². The zero-order valence-corrected chi connectivity index (χ0v) is 18.0. The van der Waals surface area contributed by atoms with E-state index in [0.717, 1.165) is 51.3 Å². The number of rotatable bonds is 7. The van der Waals surface area contributed by atoms with Gasteiger partial charge in [0.25, 0.3) is 5.91 Å². The van der Waals surface area contributed by atoms with Gasteiger partial charge in [-0.15, -0.1) is 0 Å². The van der Waals surface area contributed by atoms with Crippen molar-refractivity contribution in [1.29, 1.82) is 0 Å². The largest absolute Gasteiger partial charge is 0.378 e. The maximum Gasteiger partial charge on any atom is 0.270 e. The van der Waals surface area contributed by atoms with Crippen LogP contribution < -0.4 is 15.1 Å². The second-order valence-electron chi connectivity index (χ2n) is 8.84. The minimum atomic E-state index is -0.0936. The number of hydrogen-bond acceptors (Lipinski definition) is 6. The van der Waals surface area contributed by atoms with E-state index in [4.69, 9.17) is 14.7 Å². The Hall–Kier alpha value is -2.67. The van der Waals surface area contributed by atoms with Gasteiger partial charge in [0.2, 0.25) is 5.95 Å². The molecule has 31 heavy (non-hydrogen) atoms. The van der Waals surface area contributed by atoms with Crippen molar-refractivity contribution in [2.75, 3.05) is 49.2 Å². The number of carbonyl (C=O) groups excluding carboxylic acids is 1. The van der Waals surface area contributed by atoms with E-state index in [0.29, 0.717) is 36.8 Å². The van der Waals surface area contributed by atoms with Crippen LogP contribution in [0.1, 0.15) is 41.7 Å². The summed E-state index contributed by atoms with van der Waals surface area (Å²) in [4.78, 5) is 27.1. The smallest absolute Gasteiger partial charge is 0.270 e. The molecule has 0 radical (unpaired) electrons. The summed E-state index contributed by atoms with van der Waals surface area (Å²) in [5, 5.41) is 3.07. The van der Waals surface area contributed by atoms with Gasteiger partial charge < -0.3 is 19.9 Å². The molecule has 1 N–H and O–H groups in total. The first kappa shape index (κ1) is 20.2. The predicted octanol–water partition coefficient (Wildman–Crippen LogP) is 2.66. The number of ether oxygens (including phenoxy) is 1. The summed E-state index contributed by atoms with van der Waals surface area (Å²) in [6.07, 6.45) is 5.62. The first-order valence-electron chi connectivity index (χ1n) is 11.6. The van der Waals surface area contributed by atoms with E-state index in [2.05, 4.69) is 45.4 Å². The first-order valence-corrected chi connectivity index (χ1v) is 11.6. The molecule has 1 saturated carbocycles. The maximum absolute atomic E-state index is 12.9.